The van der Waals surface area contributed by atoms with E-state index < -0.39 is 35.8 Å². The SMILES string of the molecule is CC[C@@H](Cc1ccc(OC)c(OCCCOC)c1)C[C@H](N)[C@H](O)C(C)NC(=O)Cc1cccc(C(F)(F)F)c1. The van der Waals surface area contributed by atoms with Crippen LogP contribution in [-0.2, 0) is 28.5 Å². The second kappa shape index (κ2) is 15.7. The molecule has 1 unspecified atom stereocenters. The van der Waals surface area contributed by atoms with Crippen LogP contribution in [0, 0.1) is 5.92 Å². The fraction of sp³-hybridized carbons (Fsp3) is 0.552. The number of methoxy groups -OCH3 is 2. The molecule has 7 nitrogen and oxygen atoms in total. The summed E-state index contributed by atoms with van der Waals surface area (Å²) in [6.07, 6.45) is -2.94. The number of amides is 1. The van der Waals surface area contributed by atoms with Crippen molar-refractivity contribution in [2.45, 2.75) is 70.3 Å². The van der Waals surface area contributed by atoms with Crippen LogP contribution in [-0.4, -0.2) is 56.6 Å². The molecule has 2 rings (SSSR count). The molecule has 0 bridgehead atoms. The summed E-state index contributed by atoms with van der Waals surface area (Å²) in [7, 11) is 3.23. The zero-order valence-corrected chi connectivity index (χ0v) is 23.1. The molecule has 0 aliphatic carbocycles. The van der Waals surface area contributed by atoms with Crippen molar-refractivity contribution in [3.05, 3.63) is 59.2 Å². The Morgan fingerprint density at radius 2 is 1.82 bits per heavy atom. The number of carbonyl (C=O) groups excluding carboxylic acids is 1. The van der Waals surface area contributed by atoms with Crippen molar-refractivity contribution >= 4 is 5.91 Å². The van der Waals surface area contributed by atoms with Gasteiger partial charge in [-0.1, -0.05) is 37.6 Å². The first-order chi connectivity index (χ1) is 18.5. The topological polar surface area (TPSA) is 103 Å². The number of carbonyl (C=O) groups is 1. The van der Waals surface area contributed by atoms with Crippen LogP contribution in [0.2, 0.25) is 0 Å². The van der Waals surface area contributed by atoms with Crippen LogP contribution >= 0.6 is 0 Å². The third kappa shape index (κ3) is 10.7. The van der Waals surface area contributed by atoms with Crippen LogP contribution in [0.1, 0.15) is 49.8 Å². The van der Waals surface area contributed by atoms with Gasteiger partial charge in [0, 0.05) is 26.2 Å². The van der Waals surface area contributed by atoms with E-state index in [1.807, 2.05) is 18.2 Å². The van der Waals surface area contributed by atoms with Crippen molar-refractivity contribution < 1.29 is 37.3 Å². The number of hydrogen-bond donors (Lipinski definition) is 3. The van der Waals surface area contributed by atoms with Gasteiger partial charge in [-0.3, -0.25) is 4.79 Å². The van der Waals surface area contributed by atoms with E-state index in [9.17, 15) is 23.1 Å². The third-order valence-electron chi connectivity index (χ3n) is 6.64. The standard InChI is InChI=1S/C29H41F3N2O5/c1-5-20(14-22-10-11-25(38-4)26(17-22)39-13-7-12-37-3)16-24(33)28(36)19(2)34-27(35)18-21-8-6-9-23(15-21)29(30,31)32/h6,8-11,15,17,19-20,24,28,36H,5,7,12-14,16,18,33H2,1-4H3,(H,34,35)/t19?,20-,24-,28+/m0/s1. The number of rotatable bonds is 16. The molecule has 10 heteroatoms. The van der Waals surface area contributed by atoms with E-state index >= 15 is 0 Å². The van der Waals surface area contributed by atoms with Crippen molar-refractivity contribution in [1.29, 1.82) is 0 Å². The second-order valence-electron chi connectivity index (χ2n) is 9.78. The maximum Gasteiger partial charge on any atom is 0.416 e. The van der Waals surface area contributed by atoms with Gasteiger partial charge in [0.25, 0.3) is 0 Å². The second-order valence-corrected chi connectivity index (χ2v) is 9.78. The van der Waals surface area contributed by atoms with Gasteiger partial charge >= 0.3 is 6.18 Å². The highest BCUT2D eigenvalue weighted by molar-refractivity contribution is 5.79. The smallest absolute Gasteiger partial charge is 0.416 e. The first-order valence-electron chi connectivity index (χ1n) is 13.2. The molecule has 0 saturated heterocycles. The molecule has 2 aromatic rings. The van der Waals surface area contributed by atoms with Gasteiger partial charge in [-0.15, -0.1) is 0 Å². The van der Waals surface area contributed by atoms with E-state index in [4.69, 9.17) is 19.9 Å². The molecule has 0 fully saturated rings. The Morgan fingerprint density at radius 1 is 1.08 bits per heavy atom. The number of hydrogen-bond acceptors (Lipinski definition) is 6. The number of nitrogens with one attached hydrogen (secondary N) is 1. The predicted octanol–water partition coefficient (Wildman–Crippen LogP) is 4.52. The Kier molecular flexibility index (Phi) is 13.0. The molecular weight excluding hydrogens is 513 g/mol. The molecule has 39 heavy (non-hydrogen) atoms. The summed E-state index contributed by atoms with van der Waals surface area (Å²) in [6, 6.07) is 9.14. The van der Waals surface area contributed by atoms with Crippen LogP contribution in [0.25, 0.3) is 0 Å². The van der Waals surface area contributed by atoms with E-state index in [1.54, 1.807) is 21.1 Å². The highest BCUT2D eigenvalue weighted by Gasteiger charge is 2.31. The first kappa shape index (κ1) is 32.4. The molecule has 0 heterocycles. The Balaban J connectivity index is 1.93. The van der Waals surface area contributed by atoms with Crippen LogP contribution in [0.4, 0.5) is 13.2 Å². The fourth-order valence-corrected chi connectivity index (χ4v) is 4.40. The largest absolute Gasteiger partial charge is 0.493 e. The lowest BCUT2D eigenvalue weighted by Crippen LogP contribution is -2.50. The highest BCUT2D eigenvalue weighted by Crippen LogP contribution is 2.31. The molecule has 218 valence electrons. The molecule has 2 aromatic carbocycles. The fourth-order valence-electron chi connectivity index (χ4n) is 4.40. The number of aliphatic hydroxyl groups is 1. The quantitative estimate of drug-likeness (QED) is 0.264. The monoisotopic (exact) mass is 554 g/mol. The lowest BCUT2D eigenvalue weighted by Gasteiger charge is -2.28. The minimum absolute atomic E-state index is 0.164. The molecule has 0 aliphatic heterocycles. The number of ether oxygens (including phenoxy) is 3. The number of alkyl halides is 3. The van der Waals surface area contributed by atoms with Crippen LogP contribution in [0.5, 0.6) is 11.5 Å². The van der Waals surface area contributed by atoms with E-state index in [0.29, 0.717) is 37.6 Å². The van der Waals surface area contributed by atoms with Crippen LogP contribution in [0.3, 0.4) is 0 Å². The van der Waals surface area contributed by atoms with Crippen LogP contribution in [0.15, 0.2) is 42.5 Å². The van der Waals surface area contributed by atoms with Gasteiger partial charge in [0.05, 0.1) is 37.8 Å². The summed E-state index contributed by atoms with van der Waals surface area (Å²) in [5, 5.41) is 13.4. The summed E-state index contributed by atoms with van der Waals surface area (Å²) in [5.41, 5.74) is 6.81. The van der Waals surface area contributed by atoms with E-state index in [0.717, 1.165) is 30.5 Å². The van der Waals surface area contributed by atoms with Gasteiger partial charge < -0.3 is 30.4 Å². The van der Waals surface area contributed by atoms with Crippen molar-refractivity contribution in [2.75, 3.05) is 27.4 Å². The van der Waals surface area contributed by atoms with Crippen molar-refractivity contribution in [2.24, 2.45) is 11.7 Å². The zero-order valence-electron chi connectivity index (χ0n) is 23.1. The predicted molar refractivity (Wildman–Crippen MR) is 144 cm³/mol. The first-order valence-corrected chi connectivity index (χ1v) is 13.2. The lowest BCUT2D eigenvalue weighted by molar-refractivity contribution is -0.137. The molecular formula is C29H41F3N2O5. The average molecular weight is 555 g/mol. The number of aliphatic hydroxyl groups excluding tert-OH is 1. The van der Waals surface area contributed by atoms with Crippen LogP contribution < -0.4 is 20.5 Å². The Bertz CT molecular complexity index is 1030. The zero-order chi connectivity index (χ0) is 29.0. The van der Waals surface area contributed by atoms with Crippen molar-refractivity contribution in [1.82, 2.24) is 5.32 Å². The molecule has 0 saturated carbocycles. The van der Waals surface area contributed by atoms with E-state index in [-0.39, 0.29) is 17.9 Å². The molecule has 0 radical (unpaired) electrons. The lowest BCUT2D eigenvalue weighted by atomic mass is 9.87. The maximum atomic E-state index is 12.9. The third-order valence-corrected chi connectivity index (χ3v) is 6.64. The molecule has 4 atom stereocenters. The van der Waals surface area contributed by atoms with Gasteiger partial charge in [0.2, 0.25) is 5.91 Å². The van der Waals surface area contributed by atoms with E-state index in [1.165, 1.54) is 12.1 Å². The minimum atomic E-state index is -4.48. The molecule has 4 N–H and O–H groups in total. The van der Waals surface area contributed by atoms with Gasteiger partial charge in [0.15, 0.2) is 11.5 Å². The maximum absolute atomic E-state index is 12.9. The molecule has 0 aromatic heterocycles. The summed E-state index contributed by atoms with van der Waals surface area (Å²) < 4.78 is 55.2. The summed E-state index contributed by atoms with van der Waals surface area (Å²) in [6.45, 7) is 4.78. The highest BCUT2D eigenvalue weighted by atomic mass is 19.4. The average Bonchev–Trinajstić information content (AvgIpc) is 2.89. The number of nitrogens with two attached hydrogens (primary N) is 1. The van der Waals surface area contributed by atoms with Crippen molar-refractivity contribution in [3.8, 4) is 11.5 Å². The summed E-state index contributed by atoms with van der Waals surface area (Å²) in [4.78, 5) is 12.5. The van der Waals surface area contributed by atoms with Crippen molar-refractivity contribution in [3.63, 3.8) is 0 Å². The summed E-state index contributed by atoms with van der Waals surface area (Å²) >= 11 is 0. The van der Waals surface area contributed by atoms with Gasteiger partial charge in [-0.05, 0) is 55.0 Å². The van der Waals surface area contributed by atoms with E-state index in [2.05, 4.69) is 12.2 Å². The number of halogens is 3. The summed E-state index contributed by atoms with van der Waals surface area (Å²) in [5.74, 6) is 0.974. The molecule has 0 aliphatic rings. The van der Waals surface area contributed by atoms with Gasteiger partial charge in [-0.25, -0.2) is 0 Å². The Morgan fingerprint density at radius 3 is 2.46 bits per heavy atom. The Labute approximate surface area is 228 Å². The van der Waals surface area contributed by atoms with Gasteiger partial charge in [-0.2, -0.15) is 13.2 Å². The minimum Gasteiger partial charge on any atom is -0.493 e. The number of benzene rings is 2. The Hall–Kier alpha value is -2.82. The van der Waals surface area contributed by atoms with Gasteiger partial charge in [0.1, 0.15) is 0 Å². The molecule has 1 amide bonds. The normalized spacial score (nSPS) is 14.8. The molecule has 0 spiro atoms.